The highest BCUT2D eigenvalue weighted by atomic mass is 32.5. The average molecular weight is 827 g/mol. The molecule has 3 fully saturated rings. The van der Waals surface area contributed by atoms with E-state index >= 15 is 0 Å². The smallest absolute Gasteiger partial charge is 0.325 e. The summed E-state index contributed by atoms with van der Waals surface area (Å²) in [4.78, 5) is 60.3. The second kappa shape index (κ2) is 13.3. The normalized spacial score (nSPS) is 33.2. The van der Waals surface area contributed by atoms with Crippen molar-refractivity contribution in [1.29, 1.82) is 0 Å². The molecule has 19 nitrogen and oxygen atoms in total. The first-order valence-corrected chi connectivity index (χ1v) is 25.0. The first kappa shape index (κ1) is 37.4. The summed E-state index contributed by atoms with van der Waals surface area (Å²) in [6.45, 7) is 2.27. The maximum atomic E-state index is 13.0. The minimum atomic E-state index is -4.01. The zero-order chi connectivity index (χ0) is 37.7. The van der Waals surface area contributed by atoms with Gasteiger partial charge in [0, 0.05) is 24.4 Å². The maximum absolute atomic E-state index is 13.0. The third-order valence-electron chi connectivity index (χ3n) is 10.8. The molecule has 1 saturated carbocycles. The van der Waals surface area contributed by atoms with Crippen LogP contribution in [-0.4, -0.2) is 99.7 Å². The first-order chi connectivity index (χ1) is 24.9. The van der Waals surface area contributed by atoms with Gasteiger partial charge in [-0.05, 0) is 54.1 Å². The van der Waals surface area contributed by atoms with Crippen molar-refractivity contribution < 1.29 is 37.0 Å². The van der Waals surface area contributed by atoms with E-state index in [1.165, 1.54) is 12.7 Å². The van der Waals surface area contributed by atoms with Gasteiger partial charge in [0.25, 0.3) is 5.56 Å². The number of rotatable bonds is 4. The molecule has 8 rings (SSSR count). The summed E-state index contributed by atoms with van der Waals surface area (Å²) in [6, 6.07) is -0.188. The van der Waals surface area contributed by atoms with E-state index in [0.717, 1.165) is 0 Å². The SMILES string of the molecule is CC(C)(C)[Si](C)(C)O[C@H]1[C@H]2OP(O)(=S)OC[C@H]3C[C@@H](n4cnc5c(N)ncnc54)[C@@H]3COP(O)(=S)OC[C@H]1O[C@H]2n1cnc2c(=O)[nH]c3nccn3c21. The number of nitrogens with two attached hydrogens (primary N) is 1. The molecule has 3 aliphatic rings. The molecule has 0 spiro atoms. The first-order valence-electron chi connectivity index (χ1n) is 16.9. The summed E-state index contributed by atoms with van der Waals surface area (Å²) in [5.41, 5.74) is 7.07. The molecule has 53 heavy (non-hydrogen) atoms. The van der Waals surface area contributed by atoms with Gasteiger partial charge in [-0.25, -0.2) is 24.9 Å². The molecule has 1 aliphatic carbocycles. The molecule has 0 amide bonds. The van der Waals surface area contributed by atoms with Gasteiger partial charge in [0.2, 0.25) is 5.78 Å². The van der Waals surface area contributed by atoms with E-state index in [9.17, 15) is 14.6 Å². The lowest BCUT2D eigenvalue weighted by Gasteiger charge is -2.45. The molecule has 7 heterocycles. The van der Waals surface area contributed by atoms with Gasteiger partial charge >= 0.3 is 13.4 Å². The summed E-state index contributed by atoms with van der Waals surface area (Å²) in [7, 11) is -2.59. The fourth-order valence-electron chi connectivity index (χ4n) is 6.91. The molecular weight excluding hydrogens is 787 g/mol. The van der Waals surface area contributed by atoms with Crippen molar-refractivity contribution in [2.45, 2.75) is 75.9 Å². The lowest BCUT2D eigenvalue weighted by molar-refractivity contribution is -0.0474. The number of nitrogens with one attached hydrogen (secondary N) is 1. The molecule has 5 aromatic heterocycles. The van der Waals surface area contributed by atoms with Crippen molar-refractivity contribution in [2.24, 2.45) is 11.8 Å². The highest BCUT2D eigenvalue weighted by Crippen LogP contribution is 2.56. The van der Waals surface area contributed by atoms with E-state index in [2.05, 4.69) is 63.8 Å². The van der Waals surface area contributed by atoms with Crippen LogP contribution in [0.5, 0.6) is 0 Å². The van der Waals surface area contributed by atoms with Crippen LogP contribution in [0.25, 0.3) is 28.1 Å². The Morgan fingerprint density at radius 1 is 1.00 bits per heavy atom. The number of ether oxygens (including phenoxy) is 1. The van der Waals surface area contributed by atoms with Crippen LogP contribution in [0.2, 0.25) is 18.1 Å². The highest BCUT2D eigenvalue weighted by molar-refractivity contribution is 8.07. The van der Waals surface area contributed by atoms with Crippen LogP contribution in [0.1, 0.15) is 39.5 Å². The van der Waals surface area contributed by atoms with E-state index in [4.69, 9.17) is 56.6 Å². The van der Waals surface area contributed by atoms with Gasteiger partial charge in [-0.15, -0.1) is 0 Å². The monoisotopic (exact) mass is 826 g/mol. The standard InChI is InChI=1S/C29H40N10O9P2S2Si/c1-29(2,3)53(4,5)48-21-18-11-45-49(41,51)44-10-16-15(8-17(16)38-13-34-19-23(30)32-12-33-24(19)38)9-43-50(42,52)47-22(21)27(46-18)39-14-35-20-25(40)36-28-31-6-7-37(28)26(20)39/h6-7,12-18,21-22,27H,8-11H2,1-5H3,(H,41,51)(H,42,52)(H2,30,32,33)(H,31,36,40)/t15-,16-,17-,18-,21-,22-,27-,49?,50?/m1/s1. The van der Waals surface area contributed by atoms with Crippen LogP contribution in [0.15, 0.2) is 36.2 Å². The van der Waals surface area contributed by atoms with Crippen LogP contribution in [-0.2, 0) is 50.9 Å². The van der Waals surface area contributed by atoms with Crippen molar-refractivity contribution >= 4 is 79.3 Å². The summed E-state index contributed by atoms with van der Waals surface area (Å²) in [5.74, 6) is 0.0643. The minimum Gasteiger partial charge on any atom is -0.408 e. The molecule has 5 aromatic rings. The number of fused-ring (bicyclic) bond motifs is 7. The topological polar surface area (TPSA) is 233 Å². The van der Waals surface area contributed by atoms with Crippen molar-refractivity contribution in [3.63, 3.8) is 0 Å². The molecule has 2 aliphatic heterocycles. The van der Waals surface area contributed by atoms with Gasteiger partial charge in [-0.2, -0.15) is 0 Å². The number of imidazole rings is 3. The number of hydrogen-bond donors (Lipinski definition) is 4. The summed E-state index contributed by atoms with van der Waals surface area (Å²) >= 11 is 11.2. The van der Waals surface area contributed by atoms with Gasteiger partial charge in [-0.3, -0.25) is 23.3 Å². The summed E-state index contributed by atoms with van der Waals surface area (Å²) in [5, 5.41) is -0.251. The molecule has 9 atom stereocenters. The van der Waals surface area contributed by atoms with Gasteiger partial charge in [-0.1, -0.05) is 20.8 Å². The number of aromatic amines is 1. The van der Waals surface area contributed by atoms with Gasteiger partial charge < -0.3 is 42.8 Å². The second-order valence-electron chi connectivity index (χ2n) is 15.0. The largest absolute Gasteiger partial charge is 0.408 e. The Kier molecular flexibility index (Phi) is 9.37. The Labute approximate surface area is 313 Å². The van der Waals surface area contributed by atoms with Crippen LogP contribution in [0.4, 0.5) is 5.82 Å². The number of anilines is 1. The summed E-state index contributed by atoms with van der Waals surface area (Å²) < 4.78 is 43.3. The predicted molar refractivity (Wildman–Crippen MR) is 201 cm³/mol. The molecule has 2 bridgehead atoms. The molecule has 2 unspecified atom stereocenters. The quantitative estimate of drug-likeness (QED) is 0.151. The van der Waals surface area contributed by atoms with Crippen molar-refractivity contribution in [1.82, 2.24) is 43.4 Å². The van der Waals surface area contributed by atoms with E-state index < -0.39 is 51.9 Å². The van der Waals surface area contributed by atoms with E-state index in [-0.39, 0.29) is 59.8 Å². The molecule has 286 valence electrons. The fourth-order valence-corrected chi connectivity index (χ4v) is 10.8. The molecule has 0 radical (unpaired) electrons. The second-order valence-corrected chi connectivity index (χ2v) is 25.4. The van der Waals surface area contributed by atoms with Crippen molar-refractivity contribution in [3.8, 4) is 0 Å². The van der Waals surface area contributed by atoms with Crippen molar-refractivity contribution in [2.75, 3.05) is 25.6 Å². The third kappa shape index (κ3) is 6.74. The maximum Gasteiger partial charge on any atom is 0.325 e. The Hall–Kier alpha value is -2.56. The lowest BCUT2D eigenvalue weighted by Crippen LogP contribution is -2.50. The van der Waals surface area contributed by atoms with E-state index in [1.54, 1.807) is 27.7 Å². The van der Waals surface area contributed by atoms with Gasteiger partial charge in [0.05, 0.1) is 32.5 Å². The highest BCUT2D eigenvalue weighted by Gasteiger charge is 2.54. The number of nitrogens with zero attached hydrogens (tertiary/aromatic N) is 8. The Morgan fingerprint density at radius 2 is 1.72 bits per heavy atom. The Balaban J connectivity index is 1.17. The summed E-state index contributed by atoms with van der Waals surface area (Å²) in [6.07, 6.45) is 4.24. The molecule has 24 heteroatoms. The van der Waals surface area contributed by atoms with Crippen molar-refractivity contribution in [3.05, 3.63) is 41.7 Å². The molecule has 2 saturated heterocycles. The molecule has 0 aromatic carbocycles. The Morgan fingerprint density at radius 3 is 2.49 bits per heavy atom. The number of hydrogen-bond acceptors (Lipinski definition) is 15. The van der Waals surface area contributed by atoms with Crippen LogP contribution in [0.3, 0.4) is 0 Å². The predicted octanol–water partition coefficient (Wildman–Crippen LogP) is 3.14. The van der Waals surface area contributed by atoms with E-state index in [1.807, 2.05) is 4.57 Å². The minimum absolute atomic E-state index is 0.000975. The van der Waals surface area contributed by atoms with Crippen LogP contribution < -0.4 is 11.3 Å². The van der Waals surface area contributed by atoms with E-state index in [0.29, 0.717) is 23.2 Å². The zero-order valence-electron chi connectivity index (χ0n) is 29.4. The third-order valence-corrected chi connectivity index (χ3v) is 18.4. The molecular formula is C29H40N10O9P2S2Si. The van der Waals surface area contributed by atoms with Crippen LogP contribution in [0, 0.1) is 11.8 Å². The van der Waals surface area contributed by atoms with Crippen LogP contribution >= 0.6 is 13.4 Å². The fraction of sp³-hybridized carbons (Fsp3) is 0.586. The zero-order valence-corrected chi connectivity index (χ0v) is 33.8. The Bertz CT molecular complexity index is 2370. The van der Waals surface area contributed by atoms with Gasteiger partial charge in [0.15, 0.2) is 37.2 Å². The average Bonchev–Trinajstić information content (AvgIpc) is 3.85. The molecule has 5 N–H and O–H groups in total. The number of nitrogen functional groups attached to an aromatic ring is 1. The number of H-pyrrole nitrogens is 1. The number of aromatic nitrogens is 9. The lowest BCUT2D eigenvalue weighted by atomic mass is 9.70. The van der Waals surface area contributed by atoms with Gasteiger partial charge in [0.1, 0.15) is 30.2 Å².